The van der Waals surface area contributed by atoms with Crippen molar-refractivity contribution < 1.29 is 4.74 Å². The first-order valence-electron chi connectivity index (χ1n) is 8.42. The zero-order valence-electron chi connectivity index (χ0n) is 14.5. The summed E-state index contributed by atoms with van der Waals surface area (Å²) in [5, 5.41) is 1.10. The minimum Gasteiger partial charge on any atom is -0.424 e. The molecule has 0 spiro atoms. The Hall–Kier alpha value is -2.80. The molecule has 7 heteroatoms. The molecular formula is C18H22N6O. The van der Waals surface area contributed by atoms with Crippen molar-refractivity contribution in [3.8, 4) is 11.8 Å². The van der Waals surface area contributed by atoms with Gasteiger partial charge in [0.05, 0.1) is 0 Å². The Kier molecular flexibility index (Phi) is 3.93. The fourth-order valence-electron chi connectivity index (χ4n) is 3.10. The molecule has 1 aromatic carbocycles. The maximum absolute atomic E-state index is 5.97. The lowest BCUT2D eigenvalue weighted by molar-refractivity contribution is 0.311. The van der Waals surface area contributed by atoms with Crippen LogP contribution in [0.4, 0.5) is 11.6 Å². The average Bonchev–Trinajstić information content (AvgIpc) is 2.94. The molecule has 3 heterocycles. The molecule has 1 aliphatic rings. The highest BCUT2D eigenvalue weighted by atomic mass is 16.5. The molecule has 25 heavy (non-hydrogen) atoms. The molecule has 0 aliphatic carbocycles. The van der Waals surface area contributed by atoms with Gasteiger partial charge >= 0.3 is 6.01 Å². The minimum atomic E-state index is 0.278. The number of ether oxygens (including phenoxy) is 1. The Bertz CT molecular complexity index is 898. The van der Waals surface area contributed by atoms with Gasteiger partial charge in [0.15, 0.2) is 0 Å². The van der Waals surface area contributed by atoms with Gasteiger partial charge in [-0.2, -0.15) is 9.97 Å². The van der Waals surface area contributed by atoms with E-state index in [-0.39, 0.29) is 6.01 Å². The number of likely N-dealkylation sites (N-methyl/N-ethyl adjacent to an activating group) is 1. The molecule has 2 aromatic heterocycles. The monoisotopic (exact) mass is 338 g/mol. The number of nitrogens with zero attached hydrogens (tertiary/aromatic N) is 4. The van der Waals surface area contributed by atoms with Crippen molar-refractivity contribution in [3.63, 3.8) is 0 Å². The van der Waals surface area contributed by atoms with Crippen LogP contribution in [0.15, 0.2) is 30.3 Å². The number of piperazine rings is 1. The second kappa shape index (κ2) is 6.25. The van der Waals surface area contributed by atoms with Crippen LogP contribution in [0.3, 0.4) is 0 Å². The summed E-state index contributed by atoms with van der Waals surface area (Å²) in [4.78, 5) is 16.6. The fourth-order valence-corrected chi connectivity index (χ4v) is 3.10. The average molecular weight is 338 g/mol. The molecule has 3 N–H and O–H groups in total. The SMILES string of the molecule is Cc1cc2cc(Oc3nc(N)cc(N4CCN(C)CC4)n3)ccc2[nH]1. The number of rotatable bonds is 3. The Labute approximate surface area is 146 Å². The van der Waals surface area contributed by atoms with E-state index in [4.69, 9.17) is 10.5 Å². The predicted molar refractivity (Wildman–Crippen MR) is 99.3 cm³/mol. The van der Waals surface area contributed by atoms with E-state index >= 15 is 0 Å². The molecule has 0 saturated carbocycles. The van der Waals surface area contributed by atoms with Gasteiger partial charge in [-0.05, 0) is 38.2 Å². The number of hydrogen-bond acceptors (Lipinski definition) is 6. The molecule has 130 valence electrons. The van der Waals surface area contributed by atoms with Crippen LogP contribution in [0.25, 0.3) is 10.9 Å². The normalized spacial score (nSPS) is 15.7. The number of nitrogen functional groups attached to an aromatic ring is 1. The Balaban J connectivity index is 1.58. The second-order valence-corrected chi connectivity index (χ2v) is 6.53. The number of benzene rings is 1. The summed E-state index contributed by atoms with van der Waals surface area (Å²) >= 11 is 0. The van der Waals surface area contributed by atoms with E-state index in [1.807, 2.05) is 25.1 Å². The summed E-state index contributed by atoms with van der Waals surface area (Å²) in [5.41, 5.74) is 8.16. The summed E-state index contributed by atoms with van der Waals surface area (Å²) in [6, 6.07) is 10.0. The summed E-state index contributed by atoms with van der Waals surface area (Å²) < 4.78 is 5.88. The predicted octanol–water partition coefficient (Wildman–Crippen LogP) is 2.39. The van der Waals surface area contributed by atoms with Crippen LogP contribution >= 0.6 is 0 Å². The van der Waals surface area contributed by atoms with Crippen LogP contribution in [0.1, 0.15) is 5.69 Å². The Morgan fingerprint density at radius 3 is 2.68 bits per heavy atom. The molecular weight excluding hydrogens is 316 g/mol. The van der Waals surface area contributed by atoms with Crippen molar-refractivity contribution in [2.45, 2.75) is 6.92 Å². The van der Waals surface area contributed by atoms with Crippen LogP contribution < -0.4 is 15.4 Å². The topological polar surface area (TPSA) is 83.3 Å². The number of nitrogens with two attached hydrogens (primary N) is 1. The van der Waals surface area contributed by atoms with E-state index in [2.05, 4.69) is 37.9 Å². The third-order valence-corrected chi connectivity index (χ3v) is 4.48. The first-order chi connectivity index (χ1) is 12.1. The second-order valence-electron chi connectivity index (χ2n) is 6.53. The van der Waals surface area contributed by atoms with Crippen LogP contribution in [0.2, 0.25) is 0 Å². The lowest BCUT2D eigenvalue weighted by Gasteiger charge is -2.33. The molecule has 0 bridgehead atoms. The van der Waals surface area contributed by atoms with Gasteiger partial charge in [0, 0.05) is 48.8 Å². The van der Waals surface area contributed by atoms with Crippen molar-refractivity contribution >= 4 is 22.5 Å². The van der Waals surface area contributed by atoms with Crippen LogP contribution in [0, 0.1) is 6.92 Å². The van der Waals surface area contributed by atoms with E-state index in [9.17, 15) is 0 Å². The van der Waals surface area contributed by atoms with Crippen molar-refractivity contribution in [3.05, 3.63) is 36.0 Å². The van der Waals surface area contributed by atoms with E-state index < -0.39 is 0 Å². The number of anilines is 2. The van der Waals surface area contributed by atoms with Gasteiger partial charge < -0.3 is 25.3 Å². The van der Waals surface area contributed by atoms with Crippen LogP contribution in [0.5, 0.6) is 11.8 Å². The van der Waals surface area contributed by atoms with Crippen molar-refractivity contribution in [2.24, 2.45) is 0 Å². The van der Waals surface area contributed by atoms with Gasteiger partial charge in [0.2, 0.25) is 0 Å². The molecule has 0 atom stereocenters. The highest BCUT2D eigenvalue weighted by Crippen LogP contribution is 2.26. The van der Waals surface area contributed by atoms with Gasteiger partial charge in [-0.1, -0.05) is 0 Å². The van der Waals surface area contributed by atoms with Gasteiger partial charge in [-0.3, -0.25) is 0 Å². The van der Waals surface area contributed by atoms with Gasteiger partial charge in [0.25, 0.3) is 0 Å². The van der Waals surface area contributed by atoms with Gasteiger partial charge in [-0.25, -0.2) is 0 Å². The molecule has 1 saturated heterocycles. The number of fused-ring (bicyclic) bond motifs is 1. The number of aromatic nitrogens is 3. The zero-order valence-corrected chi connectivity index (χ0v) is 14.5. The highest BCUT2D eigenvalue weighted by molar-refractivity contribution is 5.81. The van der Waals surface area contributed by atoms with Crippen LogP contribution in [-0.2, 0) is 0 Å². The first kappa shape index (κ1) is 15.7. The van der Waals surface area contributed by atoms with E-state index in [1.54, 1.807) is 6.07 Å². The largest absolute Gasteiger partial charge is 0.424 e. The maximum atomic E-state index is 5.97. The lowest BCUT2D eigenvalue weighted by atomic mass is 10.2. The number of nitrogens with one attached hydrogen (secondary N) is 1. The Morgan fingerprint density at radius 1 is 1.08 bits per heavy atom. The zero-order chi connectivity index (χ0) is 17.4. The van der Waals surface area contributed by atoms with E-state index in [0.29, 0.717) is 11.6 Å². The van der Waals surface area contributed by atoms with Crippen LogP contribution in [-0.4, -0.2) is 53.1 Å². The third kappa shape index (κ3) is 3.36. The summed E-state index contributed by atoms with van der Waals surface area (Å²) in [7, 11) is 2.12. The molecule has 1 fully saturated rings. The summed E-state index contributed by atoms with van der Waals surface area (Å²) in [6.45, 7) is 5.87. The smallest absolute Gasteiger partial charge is 0.325 e. The molecule has 1 aliphatic heterocycles. The summed E-state index contributed by atoms with van der Waals surface area (Å²) in [6.07, 6.45) is 0. The van der Waals surface area contributed by atoms with E-state index in [0.717, 1.165) is 48.6 Å². The quantitative estimate of drug-likeness (QED) is 0.763. The lowest BCUT2D eigenvalue weighted by Crippen LogP contribution is -2.44. The van der Waals surface area contributed by atoms with Crippen molar-refractivity contribution in [1.29, 1.82) is 0 Å². The molecule has 7 nitrogen and oxygen atoms in total. The number of hydrogen-bond donors (Lipinski definition) is 2. The highest BCUT2D eigenvalue weighted by Gasteiger charge is 2.17. The third-order valence-electron chi connectivity index (χ3n) is 4.48. The van der Waals surface area contributed by atoms with Crippen molar-refractivity contribution in [2.75, 3.05) is 43.9 Å². The number of aromatic amines is 1. The number of H-pyrrole nitrogens is 1. The molecule has 0 unspecified atom stereocenters. The first-order valence-corrected chi connectivity index (χ1v) is 8.42. The van der Waals surface area contributed by atoms with Gasteiger partial charge in [-0.15, -0.1) is 0 Å². The molecule has 0 radical (unpaired) electrons. The van der Waals surface area contributed by atoms with Crippen molar-refractivity contribution in [1.82, 2.24) is 19.9 Å². The molecule has 0 amide bonds. The molecule has 3 aromatic rings. The van der Waals surface area contributed by atoms with Gasteiger partial charge in [0.1, 0.15) is 17.4 Å². The Morgan fingerprint density at radius 2 is 1.88 bits per heavy atom. The number of aryl methyl sites for hydroxylation is 1. The minimum absolute atomic E-state index is 0.278. The summed E-state index contributed by atoms with van der Waals surface area (Å²) in [5.74, 6) is 1.92. The maximum Gasteiger partial charge on any atom is 0.325 e. The fraction of sp³-hybridized carbons (Fsp3) is 0.333. The molecule has 4 rings (SSSR count). The van der Waals surface area contributed by atoms with E-state index in [1.165, 1.54) is 0 Å². The standard InChI is InChI=1S/C18H22N6O/c1-12-9-13-10-14(3-4-15(13)20-12)25-18-21-16(19)11-17(22-18)24-7-5-23(2)6-8-24/h3-4,9-11,20H,5-8H2,1-2H3,(H2,19,21,22).